The summed E-state index contributed by atoms with van der Waals surface area (Å²) in [5.41, 5.74) is 0.712. The van der Waals surface area contributed by atoms with Gasteiger partial charge in [-0.15, -0.1) is 0 Å². The lowest BCUT2D eigenvalue weighted by molar-refractivity contribution is 0.382. The predicted octanol–water partition coefficient (Wildman–Crippen LogP) is 4.24. The van der Waals surface area contributed by atoms with Crippen LogP contribution in [0.5, 0.6) is 0 Å². The Balaban J connectivity index is 1.91. The second kappa shape index (κ2) is 8.03. The van der Waals surface area contributed by atoms with Gasteiger partial charge in [-0.3, -0.25) is 9.36 Å². The third-order valence-electron chi connectivity index (χ3n) is 4.23. The van der Waals surface area contributed by atoms with E-state index in [-0.39, 0.29) is 11.6 Å². The fraction of sp³-hybridized carbons (Fsp3) is 0.474. The molecule has 2 aromatic heterocycles. The fourth-order valence-electron chi connectivity index (χ4n) is 2.72. The molecule has 138 valence electrons. The third-order valence-corrected chi connectivity index (χ3v) is 5.17. The van der Waals surface area contributed by atoms with E-state index in [9.17, 15) is 4.79 Å². The van der Waals surface area contributed by atoms with Gasteiger partial charge in [0.25, 0.3) is 5.56 Å². The van der Waals surface area contributed by atoms with Gasteiger partial charge in [-0.1, -0.05) is 49.8 Å². The molecule has 0 spiro atoms. The van der Waals surface area contributed by atoms with E-state index in [0.29, 0.717) is 33.6 Å². The summed E-state index contributed by atoms with van der Waals surface area (Å²) in [6, 6.07) is 7.53. The van der Waals surface area contributed by atoms with Gasteiger partial charge in [0, 0.05) is 12.5 Å². The highest BCUT2D eigenvalue weighted by atomic mass is 32.2. The standard InChI is InChI=1S/C19H24N4O2S/c1-5-13(4)23-18(24)14-8-6-7-9-15(14)20-19(23)26-11-17-21-16(22-25-17)10-12(2)3/h6-9,12-13H,5,10-11H2,1-4H3/t13-/m1/s1. The molecule has 7 heteroatoms. The fourth-order valence-corrected chi connectivity index (χ4v) is 3.66. The van der Waals surface area contributed by atoms with E-state index in [4.69, 9.17) is 9.51 Å². The molecule has 0 aliphatic heterocycles. The molecule has 0 aliphatic carbocycles. The Morgan fingerprint density at radius 2 is 1.96 bits per heavy atom. The summed E-state index contributed by atoms with van der Waals surface area (Å²) in [6.45, 7) is 8.34. The molecule has 0 N–H and O–H groups in total. The van der Waals surface area contributed by atoms with Crippen molar-refractivity contribution in [3.8, 4) is 0 Å². The normalized spacial score (nSPS) is 12.8. The van der Waals surface area contributed by atoms with Crippen molar-refractivity contribution in [3.05, 3.63) is 46.3 Å². The van der Waals surface area contributed by atoms with E-state index >= 15 is 0 Å². The number of fused-ring (bicyclic) bond motifs is 1. The van der Waals surface area contributed by atoms with Crippen molar-refractivity contribution in [2.24, 2.45) is 5.92 Å². The maximum absolute atomic E-state index is 12.9. The average Bonchev–Trinajstić information content (AvgIpc) is 3.06. The van der Waals surface area contributed by atoms with Gasteiger partial charge in [0.2, 0.25) is 5.89 Å². The lowest BCUT2D eigenvalue weighted by Crippen LogP contribution is -2.26. The maximum Gasteiger partial charge on any atom is 0.262 e. The van der Waals surface area contributed by atoms with Crippen LogP contribution >= 0.6 is 11.8 Å². The molecular formula is C19H24N4O2S. The number of hydrogen-bond donors (Lipinski definition) is 0. The minimum absolute atomic E-state index is 0.00141. The SMILES string of the molecule is CC[C@@H](C)n1c(SCc2nc(CC(C)C)no2)nc2ccccc2c1=O. The van der Waals surface area contributed by atoms with Crippen LogP contribution in [0.4, 0.5) is 0 Å². The van der Waals surface area contributed by atoms with Gasteiger partial charge in [-0.05, 0) is 31.4 Å². The summed E-state index contributed by atoms with van der Waals surface area (Å²) >= 11 is 1.46. The molecule has 3 aromatic rings. The Hall–Kier alpha value is -2.15. The van der Waals surface area contributed by atoms with Crippen molar-refractivity contribution in [1.82, 2.24) is 19.7 Å². The highest BCUT2D eigenvalue weighted by Crippen LogP contribution is 2.25. The quantitative estimate of drug-likeness (QED) is 0.456. The molecule has 0 saturated heterocycles. The Morgan fingerprint density at radius 3 is 2.69 bits per heavy atom. The van der Waals surface area contributed by atoms with Crippen LogP contribution < -0.4 is 5.56 Å². The van der Waals surface area contributed by atoms with Crippen molar-refractivity contribution in [2.45, 2.75) is 57.5 Å². The molecule has 0 radical (unpaired) electrons. The molecule has 0 unspecified atom stereocenters. The van der Waals surface area contributed by atoms with Crippen LogP contribution in [0, 0.1) is 5.92 Å². The Labute approximate surface area is 157 Å². The highest BCUT2D eigenvalue weighted by molar-refractivity contribution is 7.98. The molecule has 0 fully saturated rings. The number of aromatic nitrogens is 4. The molecular weight excluding hydrogens is 348 g/mol. The minimum Gasteiger partial charge on any atom is -0.338 e. The van der Waals surface area contributed by atoms with Gasteiger partial charge in [-0.25, -0.2) is 4.98 Å². The first-order chi connectivity index (χ1) is 12.5. The first-order valence-corrected chi connectivity index (χ1v) is 9.93. The summed E-state index contributed by atoms with van der Waals surface area (Å²) < 4.78 is 7.11. The Kier molecular flexibility index (Phi) is 5.76. The third kappa shape index (κ3) is 3.98. The summed E-state index contributed by atoms with van der Waals surface area (Å²) in [5.74, 6) is 2.25. The number of rotatable bonds is 7. The lowest BCUT2D eigenvalue weighted by atomic mass is 10.1. The molecule has 1 aromatic carbocycles. The maximum atomic E-state index is 12.9. The Morgan fingerprint density at radius 1 is 1.19 bits per heavy atom. The first-order valence-electron chi connectivity index (χ1n) is 8.95. The average molecular weight is 372 g/mol. The molecule has 1 atom stereocenters. The largest absolute Gasteiger partial charge is 0.338 e. The van der Waals surface area contributed by atoms with Gasteiger partial charge in [-0.2, -0.15) is 4.98 Å². The summed E-state index contributed by atoms with van der Waals surface area (Å²) in [4.78, 5) is 22.1. The molecule has 2 heterocycles. The van der Waals surface area contributed by atoms with Crippen molar-refractivity contribution in [1.29, 1.82) is 0 Å². The topological polar surface area (TPSA) is 73.8 Å². The van der Waals surface area contributed by atoms with E-state index in [1.807, 2.05) is 31.2 Å². The van der Waals surface area contributed by atoms with Crippen molar-refractivity contribution >= 4 is 22.7 Å². The van der Waals surface area contributed by atoms with E-state index in [1.54, 1.807) is 4.57 Å². The monoisotopic (exact) mass is 372 g/mol. The zero-order chi connectivity index (χ0) is 18.7. The second-order valence-corrected chi connectivity index (χ2v) is 7.78. The van der Waals surface area contributed by atoms with Gasteiger partial charge >= 0.3 is 0 Å². The number of hydrogen-bond acceptors (Lipinski definition) is 6. The molecule has 0 saturated carbocycles. The summed E-state index contributed by atoms with van der Waals surface area (Å²) in [7, 11) is 0. The number of thioether (sulfide) groups is 1. The molecule has 0 aliphatic rings. The minimum atomic E-state index is -0.00141. The number of para-hydroxylation sites is 1. The summed E-state index contributed by atoms with van der Waals surface area (Å²) in [5, 5.41) is 5.36. The van der Waals surface area contributed by atoms with Gasteiger partial charge < -0.3 is 4.52 Å². The number of nitrogens with zero attached hydrogens (tertiary/aromatic N) is 4. The Bertz CT molecular complexity index is 948. The molecule has 26 heavy (non-hydrogen) atoms. The second-order valence-electron chi connectivity index (χ2n) is 6.83. The van der Waals surface area contributed by atoms with Crippen LogP contribution in [0.15, 0.2) is 38.7 Å². The summed E-state index contributed by atoms with van der Waals surface area (Å²) in [6.07, 6.45) is 1.65. The highest BCUT2D eigenvalue weighted by Gasteiger charge is 2.17. The van der Waals surface area contributed by atoms with Crippen LogP contribution in [0.2, 0.25) is 0 Å². The number of benzene rings is 1. The van der Waals surface area contributed by atoms with Gasteiger partial charge in [0.15, 0.2) is 11.0 Å². The van der Waals surface area contributed by atoms with Crippen molar-refractivity contribution < 1.29 is 4.52 Å². The van der Waals surface area contributed by atoms with Crippen LogP contribution in [0.25, 0.3) is 10.9 Å². The lowest BCUT2D eigenvalue weighted by Gasteiger charge is -2.17. The smallest absolute Gasteiger partial charge is 0.262 e. The molecule has 0 amide bonds. The van der Waals surface area contributed by atoms with Crippen LogP contribution in [-0.4, -0.2) is 19.7 Å². The zero-order valence-corrected chi connectivity index (χ0v) is 16.4. The van der Waals surface area contributed by atoms with E-state index < -0.39 is 0 Å². The molecule has 0 bridgehead atoms. The zero-order valence-electron chi connectivity index (χ0n) is 15.6. The van der Waals surface area contributed by atoms with Crippen LogP contribution in [0.1, 0.15) is 51.9 Å². The van der Waals surface area contributed by atoms with Crippen LogP contribution in [0.3, 0.4) is 0 Å². The van der Waals surface area contributed by atoms with E-state index in [1.165, 1.54) is 11.8 Å². The first kappa shape index (κ1) is 18.6. The van der Waals surface area contributed by atoms with E-state index in [2.05, 4.69) is 30.9 Å². The van der Waals surface area contributed by atoms with Crippen molar-refractivity contribution in [2.75, 3.05) is 0 Å². The predicted molar refractivity (Wildman–Crippen MR) is 103 cm³/mol. The van der Waals surface area contributed by atoms with Crippen molar-refractivity contribution in [3.63, 3.8) is 0 Å². The van der Waals surface area contributed by atoms with Gasteiger partial charge in [0.1, 0.15) is 0 Å². The molecule has 3 rings (SSSR count). The van der Waals surface area contributed by atoms with Crippen LogP contribution in [-0.2, 0) is 12.2 Å². The van der Waals surface area contributed by atoms with E-state index in [0.717, 1.165) is 18.7 Å². The van der Waals surface area contributed by atoms with Gasteiger partial charge in [0.05, 0.1) is 16.7 Å². The molecule has 6 nitrogen and oxygen atoms in total.